The highest BCUT2D eigenvalue weighted by molar-refractivity contribution is 7.92. The maximum atomic E-state index is 12.9. The molecule has 1 aromatic heterocycles. The van der Waals surface area contributed by atoms with E-state index in [1.165, 1.54) is 0 Å². The summed E-state index contributed by atoms with van der Waals surface area (Å²) in [5.74, 6) is 0.388. The Morgan fingerprint density at radius 1 is 1.00 bits per heavy atom. The van der Waals surface area contributed by atoms with Crippen LogP contribution in [-0.4, -0.2) is 38.2 Å². The standard InChI is InChI=1S/C25H27N3O5S/c1-18-4-10-23(11-5-18)34(31,32)27-21-8-6-20(7-9-21)25(30)28-14-12-19(13-15-28)24(29)26-17-22-3-2-16-33-22/h2-11,16,19,27H,12-15,17H2,1H3,(H,26,29). The summed E-state index contributed by atoms with van der Waals surface area (Å²) in [5, 5.41) is 2.88. The highest BCUT2D eigenvalue weighted by atomic mass is 32.2. The number of nitrogens with zero attached hydrogens (tertiary/aromatic N) is 1. The molecule has 1 fully saturated rings. The third-order valence-corrected chi connectivity index (χ3v) is 7.28. The molecule has 0 unspecified atom stereocenters. The maximum absolute atomic E-state index is 12.9. The van der Waals surface area contributed by atoms with Crippen LogP contribution in [0.25, 0.3) is 0 Å². The smallest absolute Gasteiger partial charge is 0.261 e. The number of hydrogen-bond donors (Lipinski definition) is 2. The van der Waals surface area contributed by atoms with Gasteiger partial charge >= 0.3 is 0 Å². The highest BCUT2D eigenvalue weighted by Gasteiger charge is 2.28. The summed E-state index contributed by atoms with van der Waals surface area (Å²) in [5.41, 5.74) is 1.82. The molecule has 1 aliphatic heterocycles. The van der Waals surface area contributed by atoms with E-state index in [1.54, 1.807) is 71.8 Å². The van der Waals surface area contributed by atoms with Crippen molar-refractivity contribution in [1.29, 1.82) is 0 Å². The molecule has 0 saturated carbocycles. The second kappa shape index (κ2) is 10.1. The van der Waals surface area contributed by atoms with Crippen molar-refractivity contribution in [2.75, 3.05) is 17.8 Å². The van der Waals surface area contributed by atoms with Crippen LogP contribution in [0, 0.1) is 12.8 Å². The van der Waals surface area contributed by atoms with E-state index in [2.05, 4.69) is 10.0 Å². The number of nitrogens with one attached hydrogen (secondary N) is 2. The second-order valence-electron chi connectivity index (χ2n) is 8.36. The van der Waals surface area contributed by atoms with Gasteiger partial charge in [0.15, 0.2) is 0 Å². The molecule has 9 heteroatoms. The van der Waals surface area contributed by atoms with Crippen LogP contribution in [0.3, 0.4) is 0 Å². The monoisotopic (exact) mass is 481 g/mol. The normalized spacial score (nSPS) is 14.6. The number of piperidine rings is 1. The van der Waals surface area contributed by atoms with Crippen molar-refractivity contribution >= 4 is 27.5 Å². The van der Waals surface area contributed by atoms with Crippen molar-refractivity contribution in [3.8, 4) is 0 Å². The lowest BCUT2D eigenvalue weighted by Crippen LogP contribution is -2.42. The molecular weight excluding hydrogens is 454 g/mol. The number of hydrogen-bond acceptors (Lipinski definition) is 5. The van der Waals surface area contributed by atoms with Gasteiger partial charge in [0.05, 0.1) is 17.7 Å². The van der Waals surface area contributed by atoms with Crippen molar-refractivity contribution in [3.63, 3.8) is 0 Å². The summed E-state index contributed by atoms with van der Waals surface area (Å²) in [7, 11) is -3.71. The fourth-order valence-electron chi connectivity index (χ4n) is 3.87. The van der Waals surface area contributed by atoms with E-state index in [9.17, 15) is 18.0 Å². The highest BCUT2D eigenvalue weighted by Crippen LogP contribution is 2.21. The van der Waals surface area contributed by atoms with Gasteiger partial charge in [-0.3, -0.25) is 14.3 Å². The predicted molar refractivity (Wildman–Crippen MR) is 128 cm³/mol. The number of likely N-dealkylation sites (tertiary alicyclic amines) is 1. The molecular formula is C25H27N3O5S. The molecule has 178 valence electrons. The van der Waals surface area contributed by atoms with Crippen molar-refractivity contribution in [3.05, 3.63) is 83.8 Å². The molecule has 0 spiro atoms. The van der Waals surface area contributed by atoms with E-state index >= 15 is 0 Å². The third-order valence-electron chi connectivity index (χ3n) is 5.89. The molecule has 8 nitrogen and oxygen atoms in total. The van der Waals surface area contributed by atoms with Crippen molar-refractivity contribution < 1.29 is 22.4 Å². The SMILES string of the molecule is Cc1ccc(S(=O)(=O)Nc2ccc(C(=O)N3CCC(C(=O)NCc4ccco4)CC3)cc2)cc1. The van der Waals surface area contributed by atoms with Crippen molar-refractivity contribution in [2.45, 2.75) is 31.2 Å². The molecule has 0 radical (unpaired) electrons. The van der Waals surface area contributed by atoms with Crippen LogP contribution in [0.2, 0.25) is 0 Å². The number of aryl methyl sites for hydroxylation is 1. The van der Waals surface area contributed by atoms with E-state index in [4.69, 9.17) is 4.42 Å². The van der Waals surface area contributed by atoms with Gasteiger partial charge in [-0.25, -0.2) is 8.42 Å². The zero-order valence-electron chi connectivity index (χ0n) is 18.9. The van der Waals surface area contributed by atoms with Crippen molar-refractivity contribution in [1.82, 2.24) is 10.2 Å². The van der Waals surface area contributed by atoms with E-state index < -0.39 is 10.0 Å². The number of carbonyl (C=O) groups excluding carboxylic acids is 2. The van der Waals surface area contributed by atoms with Gasteiger partial charge in [-0.1, -0.05) is 17.7 Å². The Morgan fingerprint density at radius 3 is 2.29 bits per heavy atom. The van der Waals surface area contributed by atoms with Crippen molar-refractivity contribution in [2.24, 2.45) is 5.92 Å². The number of rotatable bonds is 7. The van der Waals surface area contributed by atoms with Gasteiger partial charge in [0.25, 0.3) is 15.9 Å². The topological polar surface area (TPSA) is 109 Å². The Kier molecular flexibility index (Phi) is 7.02. The quantitative estimate of drug-likeness (QED) is 0.536. The number of carbonyl (C=O) groups is 2. The lowest BCUT2D eigenvalue weighted by molar-refractivity contribution is -0.126. The van der Waals surface area contributed by atoms with E-state index in [0.29, 0.717) is 49.5 Å². The van der Waals surface area contributed by atoms with Crippen LogP contribution in [0.1, 0.15) is 34.5 Å². The number of anilines is 1. The minimum absolute atomic E-state index is 0.0336. The zero-order chi connectivity index (χ0) is 24.1. The average molecular weight is 482 g/mol. The predicted octanol–water partition coefficient (Wildman–Crippen LogP) is 3.56. The summed E-state index contributed by atoms with van der Waals surface area (Å²) in [6.07, 6.45) is 2.74. The molecule has 2 heterocycles. The average Bonchev–Trinajstić information content (AvgIpc) is 3.36. The molecule has 2 amide bonds. The minimum atomic E-state index is -3.71. The van der Waals surface area contributed by atoms with Gasteiger partial charge in [-0.2, -0.15) is 0 Å². The Bertz CT molecular complexity index is 1230. The fourth-order valence-corrected chi connectivity index (χ4v) is 4.93. The maximum Gasteiger partial charge on any atom is 0.261 e. The van der Waals surface area contributed by atoms with E-state index in [0.717, 1.165) is 5.56 Å². The van der Waals surface area contributed by atoms with E-state index in [-0.39, 0.29) is 22.6 Å². The van der Waals surface area contributed by atoms with Gasteiger partial charge in [0, 0.05) is 30.3 Å². The largest absolute Gasteiger partial charge is 0.467 e. The molecule has 1 saturated heterocycles. The molecule has 0 bridgehead atoms. The number of benzene rings is 2. The second-order valence-corrected chi connectivity index (χ2v) is 10.0. The fraction of sp³-hybridized carbons (Fsp3) is 0.280. The van der Waals surface area contributed by atoms with Crippen LogP contribution in [0.15, 0.2) is 76.2 Å². The summed E-state index contributed by atoms with van der Waals surface area (Å²) in [6.45, 7) is 3.21. The number of sulfonamides is 1. The number of furan rings is 1. The first-order valence-corrected chi connectivity index (χ1v) is 12.6. The summed E-state index contributed by atoms with van der Waals surface area (Å²) in [4.78, 5) is 27.2. The minimum Gasteiger partial charge on any atom is -0.467 e. The Morgan fingerprint density at radius 2 is 1.68 bits per heavy atom. The van der Waals surface area contributed by atoms with Crippen LogP contribution < -0.4 is 10.0 Å². The van der Waals surface area contributed by atoms with Crippen LogP contribution in [0.5, 0.6) is 0 Å². The Labute approximate surface area is 199 Å². The van der Waals surface area contributed by atoms with Gasteiger partial charge in [-0.15, -0.1) is 0 Å². The number of amides is 2. The van der Waals surface area contributed by atoms with Crippen LogP contribution in [0.4, 0.5) is 5.69 Å². The molecule has 0 aliphatic carbocycles. The molecule has 1 aliphatic rings. The first-order chi connectivity index (χ1) is 16.3. The molecule has 34 heavy (non-hydrogen) atoms. The van der Waals surface area contributed by atoms with Crippen LogP contribution >= 0.6 is 0 Å². The summed E-state index contributed by atoms with van der Waals surface area (Å²) in [6, 6.07) is 16.5. The molecule has 0 atom stereocenters. The molecule has 4 rings (SSSR count). The van der Waals surface area contributed by atoms with E-state index in [1.807, 2.05) is 6.92 Å². The Balaban J connectivity index is 1.30. The molecule has 3 aromatic rings. The van der Waals surface area contributed by atoms with Gasteiger partial charge in [0.1, 0.15) is 5.76 Å². The first-order valence-electron chi connectivity index (χ1n) is 11.1. The molecule has 2 N–H and O–H groups in total. The van der Waals surface area contributed by atoms with Gasteiger partial charge in [-0.05, 0) is 68.3 Å². The van der Waals surface area contributed by atoms with Gasteiger partial charge < -0.3 is 14.6 Å². The lowest BCUT2D eigenvalue weighted by atomic mass is 9.95. The summed E-state index contributed by atoms with van der Waals surface area (Å²) >= 11 is 0. The third kappa shape index (κ3) is 5.66. The van der Waals surface area contributed by atoms with Gasteiger partial charge in [0.2, 0.25) is 5.91 Å². The lowest BCUT2D eigenvalue weighted by Gasteiger charge is -2.31. The Hall–Kier alpha value is -3.59. The van der Waals surface area contributed by atoms with Crippen LogP contribution in [-0.2, 0) is 21.4 Å². The first kappa shape index (κ1) is 23.6. The zero-order valence-corrected chi connectivity index (χ0v) is 19.7. The molecule has 2 aromatic carbocycles. The summed E-state index contributed by atoms with van der Waals surface area (Å²) < 4.78 is 32.9.